The number of nitrogens with zero attached hydrogens (tertiary/aromatic N) is 2. The molecular formula is C16H14N4O6S. The number of non-ortho nitro benzene ring substituents is 2. The van der Waals surface area contributed by atoms with Crippen molar-refractivity contribution in [2.24, 2.45) is 0 Å². The number of benzene rings is 2. The van der Waals surface area contributed by atoms with Crippen LogP contribution in [-0.2, 0) is 0 Å². The number of hydrogen-bond acceptors (Lipinski definition) is 7. The number of nitro groups is 2. The van der Waals surface area contributed by atoms with Crippen LogP contribution < -0.4 is 15.4 Å². The van der Waals surface area contributed by atoms with Crippen LogP contribution in [0.25, 0.3) is 0 Å². The van der Waals surface area contributed by atoms with Gasteiger partial charge in [-0.15, -0.1) is 0 Å². The van der Waals surface area contributed by atoms with Gasteiger partial charge in [-0.05, 0) is 31.3 Å². The molecule has 10 nitrogen and oxygen atoms in total. The van der Waals surface area contributed by atoms with Crippen LogP contribution in [0.1, 0.15) is 17.3 Å². The van der Waals surface area contributed by atoms with Gasteiger partial charge < -0.3 is 10.1 Å². The minimum Gasteiger partial charge on any atom is -0.492 e. The molecule has 0 unspecified atom stereocenters. The molecule has 0 aliphatic heterocycles. The van der Waals surface area contributed by atoms with Crippen molar-refractivity contribution in [2.75, 3.05) is 11.9 Å². The van der Waals surface area contributed by atoms with Crippen LogP contribution >= 0.6 is 12.2 Å². The van der Waals surface area contributed by atoms with Gasteiger partial charge in [0.15, 0.2) is 5.11 Å². The van der Waals surface area contributed by atoms with E-state index in [-0.39, 0.29) is 10.7 Å². The molecule has 140 valence electrons. The van der Waals surface area contributed by atoms with Gasteiger partial charge in [-0.2, -0.15) is 0 Å². The zero-order chi connectivity index (χ0) is 20.0. The third-order valence-corrected chi connectivity index (χ3v) is 3.45. The van der Waals surface area contributed by atoms with Crippen molar-refractivity contribution in [1.29, 1.82) is 0 Å². The van der Waals surface area contributed by atoms with E-state index in [4.69, 9.17) is 17.0 Å². The van der Waals surface area contributed by atoms with Crippen molar-refractivity contribution in [3.63, 3.8) is 0 Å². The molecule has 2 rings (SSSR count). The van der Waals surface area contributed by atoms with Gasteiger partial charge in [0.05, 0.1) is 33.8 Å². The van der Waals surface area contributed by atoms with E-state index in [1.54, 1.807) is 24.3 Å². The zero-order valence-corrected chi connectivity index (χ0v) is 14.8. The maximum Gasteiger partial charge on any atom is 0.277 e. The number of carbonyl (C=O) groups excluding carboxylic acids is 1. The van der Waals surface area contributed by atoms with E-state index in [1.807, 2.05) is 6.92 Å². The quantitative estimate of drug-likeness (QED) is 0.436. The van der Waals surface area contributed by atoms with Gasteiger partial charge >= 0.3 is 0 Å². The molecule has 27 heavy (non-hydrogen) atoms. The third-order valence-electron chi connectivity index (χ3n) is 3.25. The molecule has 0 aromatic heterocycles. The Kier molecular flexibility index (Phi) is 6.33. The first kappa shape index (κ1) is 19.7. The third kappa shape index (κ3) is 5.19. The summed E-state index contributed by atoms with van der Waals surface area (Å²) < 4.78 is 5.43. The van der Waals surface area contributed by atoms with Crippen LogP contribution in [0.2, 0.25) is 0 Å². The number of rotatable bonds is 6. The largest absolute Gasteiger partial charge is 0.492 e. The van der Waals surface area contributed by atoms with Gasteiger partial charge in [-0.3, -0.25) is 30.3 Å². The van der Waals surface area contributed by atoms with Crippen LogP contribution in [0.4, 0.5) is 17.1 Å². The Morgan fingerprint density at radius 1 is 1.11 bits per heavy atom. The number of anilines is 1. The lowest BCUT2D eigenvalue weighted by atomic mass is 10.1. The zero-order valence-electron chi connectivity index (χ0n) is 14.0. The fraction of sp³-hybridized carbons (Fsp3) is 0.125. The Hall–Kier alpha value is -3.60. The van der Waals surface area contributed by atoms with E-state index in [0.29, 0.717) is 18.0 Å². The number of nitrogens with one attached hydrogen (secondary N) is 2. The van der Waals surface area contributed by atoms with E-state index >= 15 is 0 Å². The number of nitro benzene ring substituents is 2. The van der Waals surface area contributed by atoms with Crippen LogP contribution in [0, 0.1) is 20.2 Å². The van der Waals surface area contributed by atoms with Crippen molar-refractivity contribution >= 4 is 40.3 Å². The molecular weight excluding hydrogens is 376 g/mol. The molecule has 0 heterocycles. The maximum absolute atomic E-state index is 12.3. The number of hydrogen-bond donors (Lipinski definition) is 2. The van der Waals surface area contributed by atoms with E-state index in [1.165, 1.54) is 0 Å². The minimum absolute atomic E-state index is 0.0960. The van der Waals surface area contributed by atoms with Gasteiger partial charge in [-0.1, -0.05) is 12.1 Å². The second-order valence-electron chi connectivity index (χ2n) is 5.09. The van der Waals surface area contributed by atoms with Crippen LogP contribution in [0.15, 0.2) is 42.5 Å². The summed E-state index contributed by atoms with van der Waals surface area (Å²) in [6.45, 7) is 2.24. The molecule has 2 aromatic rings. The van der Waals surface area contributed by atoms with E-state index in [2.05, 4.69) is 10.6 Å². The van der Waals surface area contributed by atoms with Gasteiger partial charge in [0, 0.05) is 12.1 Å². The molecule has 11 heteroatoms. The molecule has 0 atom stereocenters. The maximum atomic E-state index is 12.3. The predicted molar refractivity (Wildman–Crippen MR) is 101 cm³/mol. The highest BCUT2D eigenvalue weighted by atomic mass is 32.1. The summed E-state index contributed by atoms with van der Waals surface area (Å²) in [5.74, 6) is -0.309. The average Bonchev–Trinajstić information content (AvgIpc) is 2.63. The summed E-state index contributed by atoms with van der Waals surface area (Å²) in [7, 11) is 0. The van der Waals surface area contributed by atoms with Crippen molar-refractivity contribution < 1.29 is 19.4 Å². The molecule has 0 saturated heterocycles. The van der Waals surface area contributed by atoms with Gasteiger partial charge in [-0.25, -0.2) is 0 Å². The standard InChI is InChI=1S/C16H14N4O6S/c1-2-26-14-6-4-3-5-13(14)17-16(27)18-15(21)10-7-11(19(22)23)9-12(8-10)20(24)25/h3-9H,2H2,1H3,(H2,17,18,21,27). The number of para-hydroxylation sites is 2. The van der Waals surface area contributed by atoms with E-state index in [9.17, 15) is 25.0 Å². The lowest BCUT2D eigenvalue weighted by Gasteiger charge is -2.13. The summed E-state index contributed by atoms with van der Waals surface area (Å²) in [4.78, 5) is 32.5. The second kappa shape index (κ2) is 8.67. The fourth-order valence-corrected chi connectivity index (χ4v) is 2.32. The SMILES string of the molecule is CCOc1ccccc1NC(=S)NC(=O)c1cc([N+](=O)[O-])cc([N+](=O)[O-])c1. The summed E-state index contributed by atoms with van der Waals surface area (Å²) >= 11 is 5.06. The second-order valence-corrected chi connectivity index (χ2v) is 5.50. The van der Waals surface area contributed by atoms with Crippen LogP contribution in [0.3, 0.4) is 0 Å². The fourth-order valence-electron chi connectivity index (χ4n) is 2.12. The van der Waals surface area contributed by atoms with Crippen molar-refractivity contribution in [3.8, 4) is 5.75 Å². The molecule has 0 aliphatic rings. The monoisotopic (exact) mass is 390 g/mol. The normalized spacial score (nSPS) is 9.96. The smallest absolute Gasteiger partial charge is 0.277 e. The molecule has 2 aromatic carbocycles. The summed E-state index contributed by atoms with van der Waals surface area (Å²) in [6, 6.07) is 9.52. The summed E-state index contributed by atoms with van der Waals surface area (Å²) in [6.07, 6.45) is 0. The highest BCUT2D eigenvalue weighted by molar-refractivity contribution is 7.80. The first-order chi connectivity index (χ1) is 12.8. The Labute approximate surface area is 158 Å². The number of thiocarbonyl (C=S) groups is 1. The molecule has 0 spiro atoms. The summed E-state index contributed by atoms with van der Waals surface area (Å²) in [5, 5.41) is 26.8. The Bertz CT molecular complexity index is 885. The highest BCUT2D eigenvalue weighted by Gasteiger charge is 2.20. The first-order valence-corrected chi connectivity index (χ1v) is 8.00. The van der Waals surface area contributed by atoms with E-state index < -0.39 is 27.1 Å². The lowest BCUT2D eigenvalue weighted by molar-refractivity contribution is -0.394. The molecule has 1 amide bonds. The minimum atomic E-state index is -0.826. The molecule has 0 radical (unpaired) electrons. The summed E-state index contributed by atoms with van der Waals surface area (Å²) in [5.41, 5.74) is -0.905. The van der Waals surface area contributed by atoms with Gasteiger partial charge in [0.1, 0.15) is 5.75 Å². The highest BCUT2D eigenvalue weighted by Crippen LogP contribution is 2.24. The first-order valence-electron chi connectivity index (χ1n) is 7.60. The van der Waals surface area contributed by atoms with Crippen molar-refractivity contribution in [1.82, 2.24) is 5.32 Å². The molecule has 0 fully saturated rings. The molecule has 0 bridgehead atoms. The number of carbonyl (C=O) groups is 1. The van der Waals surface area contributed by atoms with Gasteiger partial charge in [0.25, 0.3) is 17.3 Å². The Morgan fingerprint density at radius 2 is 1.70 bits per heavy atom. The Morgan fingerprint density at radius 3 is 2.26 bits per heavy atom. The lowest BCUT2D eigenvalue weighted by Crippen LogP contribution is -2.34. The molecule has 0 saturated carbocycles. The molecule has 2 N–H and O–H groups in total. The average molecular weight is 390 g/mol. The van der Waals surface area contributed by atoms with E-state index in [0.717, 1.165) is 18.2 Å². The van der Waals surface area contributed by atoms with Gasteiger partial charge in [0.2, 0.25) is 0 Å². The topological polar surface area (TPSA) is 137 Å². The molecule has 0 aliphatic carbocycles. The van der Waals surface area contributed by atoms with Crippen molar-refractivity contribution in [2.45, 2.75) is 6.92 Å². The van der Waals surface area contributed by atoms with Crippen LogP contribution in [0.5, 0.6) is 5.75 Å². The number of amides is 1. The Balaban J connectivity index is 2.18. The van der Waals surface area contributed by atoms with Crippen LogP contribution in [-0.4, -0.2) is 27.5 Å². The number of ether oxygens (including phenoxy) is 1. The van der Waals surface area contributed by atoms with Crippen molar-refractivity contribution in [3.05, 3.63) is 68.3 Å². The predicted octanol–water partition coefficient (Wildman–Crippen LogP) is 3.03.